The molecule has 1 rings (SSSR count). The lowest BCUT2D eigenvalue weighted by atomic mass is 10.2. The number of nitro groups is 1. The van der Waals surface area contributed by atoms with Gasteiger partial charge in [0.25, 0.3) is 0 Å². The molecule has 0 aromatic heterocycles. The van der Waals surface area contributed by atoms with Gasteiger partial charge in [-0.05, 0) is 12.5 Å². The van der Waals surface area contributed by atoms with Crippen LogP contribution in [0.25, 0.3) is 0 Å². The van der Waals surface area contributed by atoms with Crippen molar-refractivity contribution in [3.05, 3.63) is 28.1 Å². The zero-order valence-corrected chi connectivity index (χ0v) is 13.1. The van der Waals surface area contributed by atoms with Gasteiger partial charge in [0.05, 0.1) is 16.9 Å². The lowest BCUT2D eigenvalue weighted by Gasteiger charge is -2.14. The molecule has 11 heteroatoms. The van der Waals surface area contributed by atoms with Crippen LogP contribution in [0.2, 0.25) is 0 Å². The monoisotopic (exact) mass is 350 g/mol. The Morgan fingerprint density at radius 3 is 2.57 bits per heavy atom. The first kappa shape index (κ1) is 18.8. The normalized spacial score (nSPS) is 12.7. The molecule has 0 saturated carbocycles. The molecule has 0 radical (unpaired) electrons. The van der Waals surface area contributed by atoms with E-state index in [1.165, 1.54) is 0 Å². The molecule has 23 heavy (non-hydrogen) atoms. The Morgan fingerprint density at radius 2 is 2.13 bits per heavy atom. The molecule has 0 amide bonds. The van der Waals surface area contributed by atoms with E-state index in [-0.39, 0.29) is 6.42 Å². The Balaban J connectivity index is 3.33. The van der Waals surface area contributed by atoms with E-state index in [4.69, 9.17) is 5.11 Å². The number of methoxy groups -OCH3 is 1. The molecule has 0 saturated heterocycles. The molecule has 0 spiro atoms. The first-order valence-corrected chi connectivity index (χ1v) is 7.89. The highest BCUT2D eigenvalue weighted by Gasteiger charge is 2.29. The molecule has 2 N–H and O–H groups in total. The second-order valence-corrected chi connectivity index (χ2v) is 6.23. The number of benzene rings is 1. The summed E-state index contributed by atoms with van der Waals surface area (Å²) in [5.74, 6) is -3.36. The van der Waals surface area contributed by atoms with Gasteiger partial charge in [-0.1, -0.05) is 13.3 Å². The Bertz CT molecular complexity index is 720. The second kappa shape index (κ2) is 7.33. The van der Waals surface area contributed by atoms with Crippen molar-refractivity contribution in [1.29, 1.82) is 0 Å². The molecule has 0 heterocycles. The minimum absolute atomic E-state index is 0.00922. The minimum Gasteiger partial charge on any atom is -0.488 e. The SMILES string of the molecule is CCCC(NS(=O)(=O)c1cc(F)c(OC)c([N+](=O)[O-])c1)C(=O)O. The highest BCUT2D eigenvalue weighted by molar-refractivity contribution is 7.89. The van der Waals surface area contributed by atoms with Crippen molar-refractivity contribution in [2.75, 3.05) is 7.11 Å². The fourth-order valence-corrected chi connectivity index (χ4v) is 3.08. The van der Waals surface area contributed by atoms with E-state index >= 15 is 0 Å². The number of halogens is 1. The third-order valence-corrected chi connectivity index (χ3v) is 4.33. The van der Waals surface area contributed by atoms with Crippen LogP contribution < -0.4 is 9.46 Å². The van der Waals surface area contributed by atoms with Crippen molar-refractivity contribution < 1.29 is 32.4 Å². The lowest BCUT2D eigenvalue weighted by molar-refractivity contribution is -0.386. The lowest BCUT2D eigenvalue weighted by Crippen LogP contribution is -2.40. The fraction of sp³-hybridized carbons (Fsp3) is 0.417. The Hall–Kier alpha value is -2.27. The molecule has 1 atom stereocenters. The van der Waals surface area contributed by atoms with Crippen LogP contribution in [0.4, 0.5) is 10.1 Å². The number of nitrogens with zero attached hydrogens (tertiary/aromatic N) is 1. The van der Waals surface area contributed by atoms with Gasteiger partial charge >= 0.3 is 11.7 Å². The highest BCUT2D eigenvalue weighted by atomic mass is 32.2. The van der Waals surface area contributed by atoms with Crippen molar-refractivity contribution in [2.45, 2.75) is 30.7 Å². The summed E-state index contributed by atoms with van der Waals surface area (Å²) in [6, 6.07) is -0.289. The summed E-state index contributed by atoms with van der Waals surface area (Å²) in [5.41, 5.74) is -0.879. The maximum Gasteiger partial charge on any atom is 0.321 e. The summed E-state index contributed by atoms with van der Waals surface area (Å²) in [5, 5.41) is 19.9. The van der Waals surface area contributed by atoms with E-state index < -0.39 is 49.1 Å². The van der Waals surface area contributed by atoms with Crippen LogP contribution in [0.5, 0.6) is 5.75 Å². The van der Waals surface area contributed by atoms with Crippen LogP contribution >= 0.6 is 0 Å². The van der Waals surface area contributed by atoms with Gasteiger partial charge in [-0.25, -0.2) is 12.8 Å². The molecule has 9 nitrogen and oxygen atoms in total. The third kappa shape index (κ3) is 4.36. The number of carboxylic acids is 1. The average molecular weight is 350 g/mol. The number of carbonyl (C=O) groups is 1. The number of carboxylic acid groups (broad SMARTS) is 1. The van der Waals surface area contributed by atoms with E-state index in [0.29, 0.717) is 18.6 Å². The maximum absolute atomic E-state index is 13.8. The number of hydrogen-bond acceptors (Lipinski definition) is 6. The van der Waals surface area contributed by atoms with Crippen molar-refractivity contribution in [3.63, 3.8) is 0 Å². The van der Waals surface area contributed by atoms with Gasteiger partial charge in [0.2, 0.25) is 15.8 Å². The molecule has 128 valence electrons. The third-order valence-electron chi connectivity index (χ3n) is 2.88. The summed E-state index contributed by atoms with van der Waals surface area (Å²) >= 11 is 0. The summed E-state index contributed by atoms with van der Waals surface area (Å²) < 4.78 is 44.5. The molecule has 0 aliphatic carbocycles. The van der Waals surface area contributed by atoms with E-state index in [1.807, 2.05) is 4.72 Å². The van der Waals surface area contributed by atoms with E-state index in [1.54, 1.807) is 6.92 Å². The van der Waals surface area contributed by atoms with E-state index in [9.17, 15) is 27.7 Å². The van der Waals surface area contributed by atoms with Crippen LogP contribution in [0.15, 0.2) is 17.0 Å². The summed E-state index contributed by atoms with van der Waals surface area (Å²) in [4.78, 5) is 20.1. The average Bonchev–Trinajstić information content (AvgIpc) is 2.45. The van der Waals surface area contributed by atoms with Crippen molar-refractivity contribution in [1.82, 2.24) is 4.72 Å². The van der Waals surface area contributed by atoms with Gasteiger partial charge in [0.1, 0.15) is 6.04 Å². The molecule has 1 aromatic carbocycles. The molecular formula is C12H15FN2O7S. The molecule has 1 unspecified atom stereocenters. The van der Waals surface area contributed by atoms with E-state index in [0.717, 1.165) is 7.11 Å². The van der Waals surface area contributed by atoms with Gasteiger partial charge in [-0.15, -0.1) is 0 Å². The second-order valence-electron chi connectivity index (χ2n) is 4.52. The number of aliphatic carboxylic acids is 1. The maximum atomic E-state index is 13.8. The summed E-state index contributed by atoms with van der Waals surface area (Å²) in [6.45, 7) is 1.65. The number of ether oxygens (including phenoxy) is 1. The number of nitro benzene ring substituents is 1. The molecule has 0 fully saturated rings. The Kier molecular flexibility index (Phi) is 5.98. The Morgan fingerprint density at radius 1 is 1.52 bits per heavy atom. The van der Waals surface area contributed by atoms with E-state index in [2.05, 4.69) is 4.74 Å². The molecule has 1 aromatic rings. The van der Waals surface area contributed by atoms with Gasteiger partial charge in [-0.2, -0.15) is 4.72 Å². The standard InChI is InChI=1S/C12H15FN2O7S/c1-3-4-9(12(16)17)14-23(20,21)7-5-8(13)11(22-2)10(6-7)15(18)19/h5-6,9,14H,3-4H2,1-2H3,(H,16,17). The summed E-state index contributed by atoms with van der Waals surface area (Å²) in [7, 11) is -3.46. The molecule has 0 aliphatic heterocycles. The Labute approximate surface area is 131 Å². The van der Waals surface area contributed by atoms with Crippen LogP contribution in [0.3, 0.4) is 0 Å². The molecule has 0 bridgehead atoms. The number of rotatable bonds is 8. The molecular weight excluding hydrogens is 335 g/mol. The van der Waals surface area contributed by atoms with Crippen LogP contribution in [-0.2, 0) is 14.8 Å². The van der Waals surface area contributed by atoms with Crippen LogP contribution in [0.1, 0.15) is 19.8 Å². The first-order valence-electron chi connectivity index (χ1n) is 6.41. The predicted molar refractivity (Wildman–Crippen MR) is 76.3 cm³/mol. The van der Waals surface area contributed by atoms with Crippen LogP contribution in [-0.4, -0.2) is 37.6 Å². The van der Waals surface area contributed by atoms with Gasteiger partial charge in [-0.3, -0.25) is 14.9 Å². The number of nitrogens with one attached hydrogen (secondary N) is 1. The molecule has 0 aliphatic rings. The zero-order valence-electron chi connectivity index (χ0n) is 12.3. The first-order chi connectivity index (χ1) is 10.6. The quantitative estimate of drug-likeness (QED) is 0.532. The van der Waals surface area contributed by atoms with Gasteiger partial charge < -0.3 is 9.84 Å². The zero-order chi connectivity index (χ0) is 17.8. The van der Waals surface area contributed by atoms with Gasteiger partial charge in [0, 0.05) is 6.07 Å². The minimum atomic E-state index is -4.46. The van der Waals surface area contributed by atoms with Crippen molar-refractivity contribution in [3.8, 4) is 5.75 Å². The number of sulfonamides is 1. The van der Waals surface area contributed by atoms with Crippen LogP contribution in [0, 0.1) is 15.9 Å². The largest absolute Gasteiger partial charge is 0.488 e. The van der Waals surface area contributed by atoms with Crippen molar-refractivity contribution in [2.24, 2.45) is 0 Å². The van der Waals surface area contributed by atoms with Crippen molar-refractivity contribution >= 4 is 21.7 Å². The highest BCUT2D eigenvalue weighted by Crippen LogP contribution is 2.32. The van der Waals surface area contributed by atoms with Gasteiger partial charge in [0.15, 0.2) is 5.82 Å². The predicted octanol–water partition coefficient (Wildman–Crippen LogP) is 1.27. The number of hydrogen-bond donors (Lipinski definition) is 2. The fourth-order valence-electron chi connectivity index (χ4n) is 1.82. The summed E-state index contributed by atoms with van der Waals surface area (Å²) in [6.07, 6.45) is 0.395. The topological polar surface area (TPSA) is 136 Å². The smallest absolute Gasteiger partial charge is 0.321 e.